The summed E-state index contributed by atoms with van der Waals surface area (Å²) < 4.78 is 37.3. The lowest BCUT2D eigenvalue weighted by molar-refractivity contribution is -0.141. The van der Waals surface area contributed by atoms with Crippen molar-refractivity contribution in [2.24, 2.45) is 11.1 Å². The third kappa shape index (κ3) is 3.86. The van der Waals surface area contributed by atoms with Gasteiger partial charge in [0.15, 0.2) is 5.69 Å². The van der Waals surface area contributed by atoms with Crippen LogP contribution in [0.15, 0.2) is 6.07 Å². The van der Waals surface area contributed by atoms with Crippen LogP contribution in [0.5, 0.6) is 0 Å². The second kappa shape index (κ2) is 5.91. The van der Waals surface area contributed by atoms with Gasteiger partial charge in [0, 0.05) is 31.4 Å². The maximum atomic E-state index is 12.4. The van der Waals surface area contributed by atoms with Gasteiger partial charge in [-0.1, -0.05) is 13.8 Å². The monoisotopic (exact) mass is 312 g/mol. The number of nitrogens with one attached hydrogen (secondary N) is 1. The molecule has 1 aromatic rings. The average molecular weight is 313 g/mol. The Hall–Kier alpha value is -0.790. The SMILES string of the molecule is CC1(C)CN(Cc2cc(C(F)(F)F)n[nH]2)CCC1N.Cl. The number of nitrogens with zero attached hydrogens (tertiary/aromatic N) is 2. The van der Waals surface area contributed by atoms with Gasteiger partial charge in [0.2, 0.25) is 0 Å². The summed E-state index contributed by atoms with van der Waals surface area (Å²) in [5.74, 6) is 0. The molecule has 2 heterocycles. The average Bonchev–Trinajstić information content (AvgIpc) is 2.71. The number of aromatic nitrogens is 2. The largest absolute Gasteiger partial charge is 0.435 e. The molecule has 1 saturated heterocycles. The van der Waals surface area contributed by atoms with E-state index in [9.17, 15) is 13.2 Å². The lowest BCUT2D eigenvalue weighted by atomic mass is 9.80. The molecule has 0 spiro atoms. The van der Waals surface area contributed by atoms with E-state index in [0.717, 1.165) is 25.6 Å². The molecule has 0 amide bonds. The molecule has 1 unspecified atom stereocenters. The van der Waals surface area contributed by atoms with Gasteiger partial charge in [-0.3, -0.25) is 10.00 Å². The maximum absolute atomic E-state index is 12.4. The number of halogens is 4. The summed E-state index contributed by atoms with van der Waals surface area (Å²) >= 11 is 0. The molecule has 0 radical (unpaired) electrons. The van der Waals surface area contributed by atoms with E-state index >= 15 is 0 Å². The van der Waals surface area contributed by atoms with Crippen LogP contribution in [-0.2, 0) is 12.7 Å². The van der Waals surface area contributed by atoms with Crippen LogP contribution in [0.2, 0.25) is 0 Å². The molecule has 116 valence electrons. The fourth-order valence-corrected chi connectivity index (χ4v) is 2.45. The van der Waals surface area contributed by atoms with Crippen molar-refractivity contribution in [1.29, 1.82) is 0 Å². The van der Waals surface area contributed by atoms with Crippen molar-refractivity contribution in [3.8, 4) is 0 Å². The Bertz CT molecular complexity index is 444. The van der Waals surface area contributed by atoms with E-state index in [1.54, 1.807) is 0 Å². The van der Waals surface area contributed by atoms with E-state index in [-0.39, 0.29) is 23.9 Å². The van der Waals surface area contributed by atoms with Gasteiger partial charge in [-0.25, -0.2) is 0 Å². The minimum absolute atomic E-state index is 0. The normalized spacial score (nSPS) is 23.4. The number of likely N-dealkylation sites (tertiary alicyclic amines) is 1. The number of hydrogen-bond donors (Lipinski definition) is 2. The standard InChI is InChI=1S/C12H19F3N4.ClH/c1-11(2)7-19(4-3-9(11)16)6-8-5-10(18-17-8)12(13,14)15;/h5,9H,3-4,6-7,16H2,1-2H3,(H,17,18);1H. The quantitative estimate of drug-likeness (QED) is 0.881. The first-order valence-electron chi connectivity index (χ1n) is 6.28. The molecule has 4 nitrogen and oxygen atoms in total. The van der Waals surface area contributed by atoms with Gasteiger partial charge in [0.05, 0.1) is 0 Å². The van der Waals surface area contributed by atoms with Gasteiger partial charge in [-0.2, -0.15) is 18.3 Å². The number of aromatic amines is 1. The number of nitrogens with two attached hydrogens (primary N) is 1. The van der Waals surface area contributed by atoms with E-state index in [0.29, 0.717) is 12.2 Å². The summed E-state index contributed by atoms with van der Waals surface area (Å²) in [5.41, 5.74) is 5.63. The van der Waals surface area contributed by atoms with Gasteiger partial charge >= 0.3 is 6.18 Å². The van der Waals surface area contributed by atoms with Gasteiger partial charge in [-0.15, -0.1) is 12.4 Å². The first-order chi connectivity index (χ1) is 8.68. The molecule has 1 atom stereocenters. The Morgan fingerprint density at radius 1 is 1.50 bits per heavy atom. The lowest BCUT2D eigenvalue weighted by Gasteiger charge is -2.42. The van der Waals surface area contributed by atoms with Crippen molar-refractivity contribution in [3.05, 3.63) is 17.5 Å². The van der Waals surface area contributed by atoms with Crippen molar-refractivity contribution in [3.63, 3.8) is 0 Å². The number of H-pyrrole nitrogens is 1. The second-order valence-electron chi connectivity index (χ2n) is 5.87. The number of piperidine rings is 1. The molecular weight excluding hydrogens is 293 g/mol. The van der Waals surface area contributed by atoms with Crippen molar-refractivity contribution in [2.45, 2.75) is 39.0 Å². The summed E-state index contributed by atoms with van der Waals surface area (Å²) in [6.07, 6.45) is -3.54. The predicted molar refractivity (Wildman–Crippen MR) is 72.5 cm³/mol. The predicted octanol–water partition coefficient (Wildman–Crippen LogP) is 2.41. The van der Waals surface area contributed by atoms with Crippen LogP contribution in [0.25, 0.3) is 0 Å². The third-order valence-corrected chi connectivity index (χ3v) is 3.71. The van der Waals surface area contributed by atoms with Crippen LogP contribution < -0.4 is 5.73 Å². The van der Waals surface area contributed by atoms with Crippen molar-refractivity contribution in [1.82, 2.24) is 15.1 Å². The smallest absolute Gasteiger partial charge is 0.327 e. The Balaban J connectivity index is 0.00000200. The summed E-state index contributed by atoms with van der Waals surface area (Å²) in [6, 6.07) is 1.21. The van der Waals surface area contributed by atoms with Crippen molar-refractivity contribution in [2.75, 3.05) is 13.1 Å². The fraction of sp³-hybridized carbons (Fsp3) is 0.750. The molecule has 8 heteroatoms. The van der Waals surface area contributed by atoms with Crippen molar-refractivity contribution >= 4 is 12.4 Å². The highest BCUT2D eigenvalue weighted by atomic mass is 35.5. The third-order valence-electron chi connectivity index (χ3n) is 3.71. The Kier molecular flexibility index (Phi) is 5.10. The van der Waals surface area contributed by atoms with Crippen molar-refractivity contribution < 1.29 is 13.2 Å². The minimum atomic E-state index is -4.39. The summed E-state index contributed by atoms with van der Waals surface area (Å²) in [4.78, 5) is 2.11. The highest BCUT2D eigenvalue weighted by molar-refractivity contribution is 5.85. The van der Waals surface area contributed by atoms with E-state index < -0.39 is 11.9 Å². The molecule has 0 bridgehead atoms. The van der Waals surface area contributed by atoms with Crippen LogP contribution in [-0.4, -0.2) is 34.2 Å². The topological polar surface area (TPSA) is 57.9 Å². The molecule has 1 aliphatic heterocycles. The molecule has 0 saturated carbocycles. The molecule has 20 heavy (non-hydrogen) atoms. The molecule has 3 N–H and O–H groups in total. The van der Waals surface area contributed by atoms with Gasteiger partial charge in [-0.05, 0) is 17.9 Å². The van der Waals surface area contributed by atoms with E-state index in [1.165, 1.54) is 0 Å². The zero-order chi connectivity index (χ0) is 14.3. The highest BCUT2D eigenvalue weighted by Crippen LogP contribution is 2.30. The van der Waals surface area contributed by atoms with Gasteiger partial charge in [0.1, 0.15) is 0 Å². The van der Waals surface area contributed by atoms with Crippen LogP contribution in [0, 0.1) is 5.41 Å². The maximum Gasteiger partial charge on any atom is 0.435 e. The molecule has 0 aromatic carbocycles. The van der Waals surface area contributed by atoms with E-state index in [4.69, 9.17) is 5.73 Å². The molecular formula is C12H20ClF3N4. The Morgan fingerprint density at radius 2 is 2.15 bits per heavy atom. The number of hydrogen-bond acceptors (Lipinski definition) is 3. The zero-order valence-electron chi connectivity index (χ0n) is 11.5. The molecule has 2 rings (SSSR count). The van der Waals surface area contributed by atoms with Gasteiger partial charge < -0.3 is 5.73 Å². The summed E-state index contributed by atoms with van der Waals surface area (Å²) in [6.45, 7) is 6.18. The second-order valence-corrected chi connectivity index (χ2v) is 5.87. The molecule has 1 aliphatic rings. The minimum Gasteiger partial charge on any atom is -0.327 e. The zero-order valence-corrected chi connectivity index (χ0v) is 12.3. The highest BCUT2D eigenvalue weighted by Gasteiger charge is 2.35. The first kappa shape index (κ1) is 17.3. The molecule has 0 aliphatic carbocycles. The van der Waals surface area contributed by atoms with Crippen LogP contribution in [0.3, 0.4) is 0 Å². The Labute approximate surface area is 122 Å². The first-order valence-corrected chi connectivity index (χ1v) is 6.28. The summed E-state index contributed by atoms with van der Waals surface area (Å²) in [7, 11) is 0. The van der Waals surface area contributed by atoms with Crippen LogP contribution in [0.4, 0.5) is 13.2 Å². The van der Waals surface area contributed by atoms with Crippen LogP contribution in [0.1, 0.15) is 31.7 Å². The lowest BCUT2D eigenvalue weighted by Crippen LogP contribution is -2.52. The number of alkyl halides is 3. The van der Waals surface area contributed by atoms with E-state index in [2.05, 4.69) is 28.9 Å². The fourth-order valence-electron chi connectivity index (χ4n) is 2.45. The molecule has 1 aromatic heterocycles. The summed E-state index contributed by atoms with van der Waals surface area (Å²) in [5, 5.41) is 5.76. The molecule has 1 fully saturated rings. The number of rotatable bonds is 2. The van der Waals surface area contributed by atoms with E-state index in [1.807, 2.05) is 0 Å². The Morgan fingerprint density at radius 3 is 2.65 bits per heavy atom. The van der Waals surface area contributed by atoms with Gasteiger partial charge in [0.25, 0.3) is 0 Å². The van der Waals surface area contributed by atoms with Crippen LogP contribution >= 0.6 is 12.4 Å².